The van der Waals surface area contributed by atoms with Crippen LogP contribution in [0.15, 0.2) is 29.2 Å². The first-order valence-electron chi connectivity index (χ1n) is 8.25. The number of ether oxygens (including phenoxy) is 1. The number of amides is 1. The van der Waals surface area contributed by atoms with E-state index in [1.807, 2.05) is 0 Å². The molecule has 0 aromatic heterocycles. The lowest BCUT2D eigenvalue weighted by Crippen LogP contribution is -2.43. The van der Waals surface area contributed by atoms with Gasteiger partial charge in [0.15, 0.2) is 6.61 Å². The summed E-state index contributed by atoms with van der Waals surface area (Å²) in [6, 6.07) is 4.22. The molecule has 28 heavy (non-hydrogen) atoms. The Kier molecular flexibility index (Phi) is 6.99. The number of alkyl halides is 3. The average molecular weight is 426 g/mol. The molecule has 0 spiro atoms. The first-order valence-corrected chi connectivity index (χ1v) is 9.69. The maximum absolute atomic E-state index is 13.0. The number of rotatable bonds is 6. The summed E-state index contributed by atoms with van der Waals surface area (Å²) in [4.78, 5) is 23.2. The first-order chi connectivity index (χ1) is 13.0. The number of halogens is 4. The molecule has 1 fully saturated rings. The minimum Gasteiger partial charge on any atom is -0.455 e. The van der Waals surface area contributed by atoms with Crippen molar-refractivity contribution in [3.05, 3.63) is 30.1 Å². The van der Waals surface area contributed by atoms with Crippen LogP contribution >= 0.6 is 0 Å². The average Bonchev–Trinajstić information content (AvgIpc) is 2.64. The molecular formula is C16H18F4N2O5S. The summed E-state index contributed by atoms with van der Waals surface area (Å²) in [7, 11) is -3.95. The largest absolute Gasteiger partial charge is 0.455 e. The number of nitrogens with one attached hydrogen (secondary N) is 1. The van der Waals surface area contributed by atoms with Gasteiger partial charge in [-0.15, -0.1) is 0 Å². The Labute approximate surface area is 158 Å². The highest BCUT2D eigenvalue weighted by Crippen LogP contribution is 2.24. The van der Waals surface area contributed by atoms with Crippen LogP contribution in [0.2, 0.25) is 0 Å². The monoisotopic (exact) mass is 426 g/mol. The fraction of sp³-hybridized carbons (Fsp3) is 0.500. The fourth-order valence-electron chi connectivity index (χ4n) is 2.61. The van der Waals surface area contributed by atoms with Crippen molar-refractivity contribution >= 4 is 21.9 Å². The van der Waals surface area contributed by atoms with E-state index in [1.165, 1.54) is 0 Å². The summed E-state index contributed by atoms with van der Waals surface area (Å²) < 4.78 is 80.0. The van der Waals surface area contributed by atoms with Gasteiger partial charge in [0.05, 0.1) is 10.8 Å². The van der Waals surface area contributed by atoms with E-state index in [-0.39, 0.29) is 18.0 Å². The number of hydrogen-bond acceptors (Lipinski definition) is 5. The second-order valence-electron chi connectivity index (χ2n) is 6.16. The van der Waals surface area contributed by atoms with Crippen LogP contribution in [-0.4, -0.2) is 57.0 Å². The zero-order valence-corrected chi connectivity index (χ0v) is 15.4. The standard InChI is InChI=1S/C16H18F4N2O5S/c17-12-3-5-13(6-4-12)28(25,26)22-7-1-2-11(8-22)15(24)27-9-14(23)21-10-16(18,19)20/h3-6,11H,1-2,7-10H2,(H,21,23). The van der Waals surface area contributed by atoms with Crippen molar-refractivity contribution in [3.8, 4) is 0 Å². The molecule has 0 bridgehead atoms. The lowest BCUT2D eigenvalue weighted by Gasteiger charge is -2.30. The maximum atomic E-state index is 13.0. The summed E-state index contributed by atoms with van der Waals surface area (Å²) in [5, 5.41) is 1.56. The van der Waals surface area contributed by atoms with E-state index in [2.05, 4.69) is 0 Å². The van der Waals surface area contributed by atoms with Gasteiger partial charge in [0, 0.05) is 13.1 Å². The summed E-state index contributed by atoms with van der Waals surface area (Å²) in [6.07, 6.45) is -3.93. The van der Waals surface area contributed by atoms with Gasteiger partial charge in [-0.3, -0.25) is 9.59 Å². The zero-order valence-electron chi connectivity index (χ0n) is 14.5. The van der Waals surface area contributed by atoms with E-state index in [0.29, 0.717) is 12.8 Å². The Bertz CT molecular complexity index is 811. The van der Waals surface area contributed by atoms with Gasteiger partial charge in [-0.2, -0.15) is 17.5 Å². The Balaban J connectivity index is 1.92. The number of nitrogens with zero attached hydrogens (tertiary/aromatic N) is 1. The van der Waals surface area contributed by atoms with Crippen LogP contribution in [0.1, 0.15) is 12.8 Å². The molecule has 0 radical (unpaired) electrons. The molecular weight excluding hydrogens is 408 g/mol. The topological polar surface area (TPSA) is 92.8 Å². The minimum absolute atomic E-state index is 0.130. The summed E-state index contributed by atoms with van der Waals surface area (Å²) in [5.41, 5.74) is 0. The number of benzene rings is 1. The third-order valence-electron chi connectivity index (χ3n) is 4.00. The smallest absolute Gasteiger partial charge is 0.405 e. The van der Waals surface area contributed by atoms with Crippen LogP contribution in [0, 0.1) is 11.7 Å². The molecule has 1 saturated heterocycles. The van der Waals surface area contributed by atoms with E-state index in [9.17, 15) is 35.6 Å². The summed E-state index contributed by atoms with van der Waals surface area (Å²) in [5.74, 6) is -3.44. The highest BCUT2D eigenvalue weighted by atomic mass is 32.2. The molecule has 1 aliphatic heterocycles. The minimum atomic E-state index is -4.59. The lowest BCUT2D eigenvalue weighted by atomic mass is 10.00. The predicted molar refractivity (Wildman–Crippen MR) is 87.9 cm³/mol. The fourth-order valence-corrected chi connectivity index (χ4v) is 4.14. The van der Waals surface area contributed by atoms with E-state index in [4.69, 9.17) is 4.74 Å². The molecule has 1 aromatic carbocycles. The Morgan fingerprint density at radius 3 is 2.46 bits per heavy atom. The van der Waals surface area contributed by atoms with E-state index >= 15 is 0 Å². The number of carbonyl (C=O) groups is 2. The van der Waals surface area contributed by atoms with Gasteiger partial charge in [0.2, 0.25) is 10.0 Å². The second-order valence-corrected chi connectivity index (χ2v) is 8.09. The van der Waals surface area contributed by atoms with Gasteiger partial charge >= 0.3 is 12.1 Å². The number of piperidine rings is 1. The normalized spacial score (nSPS) is 18.5. The van der Waals surface area contributed by atoms with Crippen molar-refractivity contribution in [1.82, 2.24) is 9.62 Å². The van der Waals surface area contributed by atoms with Crippen molar-refractivity contribution in [1.29, 1.82) is 0 Å². The highest BCUT2D eigenvalue weighted by Gasteiger charge is 2.34. The van der Waals surface area contributed by atoms with Crippen LogP contribution in [-0.2, 0) is 24.3 Å². The van der Waals surface area contributed by atoms with Crippen LogP contribution < -0.4 is 5.32 Å². The lowest BCUT2D eigenvalue weighted by molar-refractivity contribution is -0.155. The van der Waals surface area contributed by atoms with Crippen molar-refractivity contribution in [2.24, 2.45) is 5.92 Å². The molecule has 1 unspecified atom stereocenters. The Morgan fingerprint density at radius 2 is 1.86 bits per heavy atom. The zero-order chi connectivity index (χ0) is 20.9. The van der Waals surface area contributed by atoms with Gasteiger partial charge < -0.3 is 10.1 Å². The van der Waals surface area contributed by atoms with Crippen LogP contribution in [0.3, 0.4) is 0 Å². The van der Waals surface area contributed by atoms with Gasteiger partial charge in [-0.1, -0.05) is 0 Å². The van der Waals surface area contributed by atoms with Crippen molar-refractivity contribution in [2.75, 3.05) is 26.2 Å². The van der Waals surface area contributed by atoms with Crippen LogP contribution in [0.4, 0.5) is 17.6 Å². The molecule has 1 aromatic rings. The quantitative estimate of drug-likeness (QED) is 0.549. The highest BCUT2D eigenvalue weighted by molar-refractivity contribution is 7.89. The molecule has 1 atom stereocenters. The molecule has 156 valence electrons. The van der Waals surface area contributed by atoms with Crippen molar-refractivity contribution < 1.29 is 40.3 Å². The van der Waals surface area contributed by atoms with Crippen LogP contribution in [0.5, 0.6) is 0 Å². The second kappa shape index (κ2) is 8.86. The van der Waals surface area contributed by atoms with Crippen molar-refractivity contribution in [3.63, 3.8) is 0 Å². The van der Waals surface area contributed by atoms with Gasteiger partial charge in [-0.25, -0.2) is 12.8 Å². The Hall–Kier alpha value is -2.21. The van der Waals surface area contributed by atoms with E-state index in [1.54, 1.807) is 5.32 Å². The molecule has 12 heteroatoms. The number of hydrogen-bond donors (Lipinski definition) is 1. The molecule has 1 N–H and O–H groups in total. The van der Waals surface area contributed by atoms with Gasteiger partial charge in [0.25, 0.3) is 5.91 Å². The van der Waals surface area contributed by atoms with E-state index < -0.39 is 53.0 Å². The van der Waals surface area contributed by atoms with Gasteiger partial charge in [0.1, 0.15) is 12.4 Å². The van der Waals surface area contributed by atoms with Crippen LogP contribution in [0.25, 0.3) is 0 Å². The third kappa shape index (κ3) is 6.16. The molecule has 1 aliphatic rings. The number of sulfonamides is 1. The summed E-state index contributed by atoms with van der Waals surface area (Å²) >= 11 is 0. The number of esters is 1. The summed E-state index contributed by atoms with van der Waals surface area (Å²) in [6.45, 7) is -2.50. The molecule has 2 rings (SSSR count). The predicted octanol–water partition coefficient (Wildman–Crippen LogP) is 1.45. The molecule has 1 heterocycles. The molecule has 0 aliphatic carbocycles. The molecule has 0 saturated carbocycles. The maximum Gasteiger partial charge on any atom is 0.405 e. The molecule has 1 amide bonds. The van der Waals surface area contributed by atoms with E-state index in [0.717, 1.165) is 28.6 Å². The molecule has 7 nitrogen and oxygen atoms in total. The van der Waals surface area contributed by atoms with Gasteiger partial charge in [-0.05, 0) is 37.1 Å². The first kappa shape index (κ1) is 22.1. The SMILES string of the molecule is O=C(COC(=O)C1CCCN(S(=O)(=O)c2ccc(F)cc2)C1)NCC(F)(F)F. The van der Waals surface area contributed by atoms with Crippen molar-refractivity contribution in [2.45, 2.75) is 23.9 Å². The Morgan fingerprint density at radius 1 is 1.21 bits per heavy atom. The number of carbonyl (C=O) groups excluding carboxylic acids is 2. The third-order valence-corrected chi connectivity index (χ3v) is 5.88.